The molecule has 0 heterocycles. The first-order valence-electron chi connectivity index (χ1n) is 4.99. The van der Waals surface area contributed by atoms with Crippen LogP contribution >= 0.6 is 0 Å². The maximum atomic E-state index is 10.3. The summed E-state index contributed by atoms with van der Waals surface area (Å²) >= 11 is 0. The fourth-order valence-electron chi connectivity index (χ4n) is 0.414. The van der Waals surface area contributed by atoms with Crippen LogP contribution in [0.25, 0.3) is 0 Å². The Morgan fingerprint density at radius 2 is 1.81 bits per heavy atom. The maximum Gasteiger partial charge on any atom is 0.335 e. The first-order valence-corrected chi connectivity index (χ1v) is 4.99. The van der Waals surface area contributed by atoms with Gasteiger partial charge in [-0.3, -0.25) is 0 Å². The van der Waals surface area contributed by atoms with Gasteiger partial charge in [-0.05, 0) is 27.2 Å². The van der Waals surface area contributed by atoms with Crippen LogP contribution in [0.5, 0.6) is 0 Å². The highest BCUT2D eigenvalue weighted by Gasteiger charge is 2.26. The molecule has 2 atom stereocenters. The van der Waals surface area contributed by atoms with E-state index in [-0.39, 0.29) is 6.42 Å². The Morgan fingerprint density at radius 3 is 1.88 bits per heavy atom. The van der Waals surface area contributed by atoms with E-state index < -0.39 is 23.6 Å². The van der Waals surface area contributed by atoms with E-state index in [1.165, 1.54) is 13.8 Å². The van der Waals surface area contributed by atoms with Crippen LogP contribution in [0.3, 0.4) is 0 Å². The van der Waals surface area contributed by atoms with Crippen molar-refractivity contribution < 1.29 is 29.6 Å². The lowest BCUT2D eigenvalue weighted by Crippen LogP contribution is -2.33. The van der Waals surface area contributed by atoms with Crippen molar-refractivity contribution in [2.75, 3.05) is 6.61 Å². The topological polar surface area (TPSA) is 104 Å². The molecule has 0 aromatic carbocycles. The van der Waals surface area contributed by atoms with Gasteiger partial charge in [0.25, 0.3) is 0 Å². The molecule has 6 heteroatoms. The molecule has 0 aromatic rings. The van der Waals surface area contributed by atoms with Crippen LogP contribution in [0.2, 0.25) is 0 Å². The van der Waals surface area contributed by atoms with Crippen molar-refractivity contribution in [1.82, 2.24) is 0 Å². The molecule has 0 aromatic heterocycles. The molecule has 0 aliphatic heterocycles. The minimum Gasteiger partial charge on any atom is -0.479 e. The lowest BCUT2D eigenvalue weighted by molar-refractivity contribution is -0.156. The van der Waals surface area contributed by atoms with Crippen LogP contribution in [-0.4, -0.2) is 45.6 Å². The molecule has 0 fully saturated rings. The summed E-state index contributed by atoms with van der Waals surface area (Å²) in [4.78, 5) is 20.3. The molecule has 0 saturated carbocycles. The zero-order valence-electron chi connectivity index (χ0n) is 10.1. The third-order valence-electron chi connectivity index (χ3n) is 1.78. The summed E-state index contributed by atoms with van der Waals surface area (Å²) in [6.45, 7) is 6.28. The van der Waals surface area contributed by atoms with Gasteiger partial charge >= 0.3 is 11.9 Å². The monoisotopic (exact) mass is 236 g/mol. The highest BCUT2D eigenvalue weighted by molar-refractivity contribution is 5.76. The summed E-state index contributed by atoms with van der Waals surface area (Å²) in [5.74, 6) is -1.73. The van der Waals surface area contributed by atoms with E-state index in [2.05, 4.69) is 4.74 Å². The fraction of sp³-hybridized carbons (Fsp3) is 0.800. The van der Waals surface area contributed by atoms with Crippen molar-refractivity contribution in [1.29, 1.82) is 0 Å². The van der Waals surface area contributed by atoms with Crippen LogP contribution in [0.15, 0.2) is 0 Å². The summed E-state index contributed by atoms with van der Waals surface area (Å²) in [5.41, 5.74) is -1.54. The summed E-state index contributed by atoms with van der Waals surface area (Å²) < 4.78 is 4.41. The lowest BCUT2D eigenvalue weighted by Gasteiger charge is -2.13. The van der Waals surface area contributed by atoms with Crippen molar-refractivity contribution in [2.24, 2.45) is 0 Å². The smallest absolute Gasteiger partial charge is 0.335 e. The Kier molecular flexibility index (Phi) is 8.70. The molecular formula is C10H20O6. The summed E-state index contributed by atoms with van der Waals surface area (Å²) in [7, 11) is 0. The Balaban J connectivity index is 0. The van der Waals surface area contributed by atoms with Gasteiger partial charge in [-0.1, -0.05) is 6.92 Å². The molecule has 0 amide bonds. The van der Waals surface area contributed by atoms with Crippen LogP contribution in [-0.2, 0) is 14.3 Å². The number of aliphatic carboxylic acids is 1. The highest BCUT2D eigenvalue weighted by Crippen LogP contribution is 2.06. The summed E-state index contributed by atoms with van der Waals surface area (Å²) in [6.07, 6.45) is -0.752. The lowest BCUT2D eigenvalue weighted by atomic mass is 10.1. The third-order valence-corrected chi connectivity index (χ3v) is 1.78. The average Bonchev–Trinajstić information content (AvgIpc) is 2.18. The minimum absolute atomic E-state index is 0.238. The van der Waals surface area contributed by atoms with Gasteiger partial charge in [-0.15, -0.1) is 0 Å². The Bertz CT molecular complexity index is 219. The molecule has 0 spiro atoms. The highest BCUT2D eigenvalue weighted by atomic mass is 16.5. The summed E-state index contributed by atoms with van der Waals surface area (Å²) in [5, 5.41) is 25.5. The molecule has 6 nitrogen and oxygen atoms in total. The predicted molar refractivity (Wildman–Crippen MR) is 56.9 cm³/mol. The molecule has 3 N–H and O–H groups in total. The Hall–Kier alpha value is -1.14. The third kappa shape index (κ3) is 8.19. The molecule has 16 heavy (non-hydrogen) atoms. The maximum absolute atomic E-state index is 10.3. The number of hydrogen-bond acceptors (Lipinski definition) is 5. The van der Waals surface area contributed by atoms with Crippen molar-refractivity contribution >= 4 is 11.9 Å². The predicted octanol–water partition coefficient (Wildman–Crippen LogP) is 0.162. The van der Waals surface area contributed by atoms with Gasteiger partial charge in [0, 0.05) is 0 Å². The van der Waals surface area contributed by atoms with Crippen molar-refractivity contribution in [2.45, 2.75) is 45.8 Å². The molecule has 0 aliphatic carbocycles. The molecule has 96 valence electrons. The Morgan fingerprint density at radius 1 is 1.38 bits per heavy atom. The van der Waals surface area contributed by atoms with E-state index >= 15 is 0 Å². The van der Waals surface area contributed by atoms with Gasteiger partial charge in [0.2, 0.25) is 0 Å². The van der Waals surface area contributed by atoms with Crippen LogP contribution in [0.1, 0.15) is 34.1 Å². The number of hydrogen-bond donors (Lipinski definition) is 3. The second kappa shape index (κ2) is 8.06. The fourth-order valence-corrected chi connectivity index (χ4v) is 0.414. The number of carbonyl (C=O) groups is 2. The van der Waals surface area contributed by atoms with Gasteiger partial charge in [0.05, 0.1) is 6.61 Å². The zero-order valence-corrected chi connectivity index (χ0v) is 10.1. The van der Waals surface area contributed by atoms with Crippen molar-refractivity contribution in [3.63, 3.8) is 0 Å². The number of rotatable bonds is 4. The number of ether oxygens (including phenoxy) is 1. The number of aliphatic hydroxyl groups excluding tert-OH is 1. The standard InChI is InChI=1S/2C5H10O3/c1-3-5(2,8)4(6)7;1-3-8-5(7)4(2)6/h8H,3H2,1-2H3,(H,6,7);4,6H,3H2,1-2H3. The number of aliphatic hydroxyl groups is 2. The molecule has 0 rings (SSSR count). The number of carbonyl (C=O) groups excluding carboxylic acids is 1. The van der Waals surface area contributed by atoms with Gasteiger partial charge in [0.1, 0.15) is 6.10 Å². The van der Waals surface area contributed by atoms with E-state index in [4.69, 9.17) is 15.3 Å². The molecule has 0 saturated heterocycles. The van der Waals surface area contributed by atoms with Gasteiger partial charge in [-0.2, -0.15) is 0 Å². The second-order valence-corrected chi connectivity index (χ2v) is 3.36. The van der Waals surface area contributed by atoms with Crippen LogP contribution < -0.4 is 0 Å². The largest absolute Gasteiger partial charge is 0.479 e. The van der Waals surface area contributed by atoms with Crippen LogP contribution in [0, 0.1) is 0 Å². The van der Waals surface area contributed by atoms with E-state index in [0.717, 1.165) is 0 Å². The summed E-state index contributed by atoms with van der Waals surface area (Å²) in [6, 6.07) is 0. The number of carboxylic acid groups (broad SMARTS) is 1. The molecule has 0 bridgehead atoms. The van der Waals surface area contributed by atoms with E-state index in [0.29, 0.717) is 6.61 Å². The average molecular weight is 236 g/mol. The molecule has 0 radical (unpaired) electrons. The van der Waals surface area contributed by atoms with E-state index in [9.17, 15) is 9.59 Å². The molecule has 2 unspecified atom stereocenters. The quantitative estimate of drug-likeness (QED) is 0.601. The molecule has 0 aliphatic rings. The first kappa shape index (κ1) is 17.3. The van der Waals surface area contributed by atoms with Gasteiger partial charge < -0.3 is 20.1 Å². The normalized spacial score (nSPS) is 15.1. The minimum atomic E-state index is -1.54. The second-order valence-electron chi connectivity index (χ2n) is 3.36. The van der Waals surface area contributed by atoms with Crippen molar-refractivity contribution in [3.05, 3.63) is 0 Å². The number of esters is 1. The first-order chi connectivity index (χ1) is 7.18. The number of carboxylic acids is 1. The Labute approximate surface area is 94.8 Å². The zero-order chi connectivity index (χ0) is 13.4. The van der Waals surface area contributed by atoms with Gasteiger partial charge in [0.15, 0.2) is 5.60 Å². The van der Waals surface area contributed by atoms with E-state index in [1.807, 2.05) is 0 Å². The SMILES string of the molecule is CCC(C)(O)C(=O)O.CCOC(=O)C(C)O. The van der Waals surface area contributed by atoms with E-state index in [1.54, 1.807) is 13.8 Å². The van der Waals surface area contributed by atoms with Crippen LogP contribution in [0.4, 0.5) is 0 Å². The van der Waals surface area contributed by atoms with Crippen molar-refractivity contribution in [3.8, 4) is 0 Å². The molecular weight excluding hydrogens is 216 g/mol. The van der Waals surface area contributed by atoms with Gasteiger partial charge in [-0.25, -0.2) is 9.59 Å².